The number of hydrogen-bond donors (Lipinski definition) is 0. The second-order valence-electron chi connectivity index (χ2n) is 6.72. The molecule has 2 heterocycles. The van der Waals surface area contributed by atoms with Gasteiger partial charge in [-0.25, -0.2) is 0 Å². The van der Waals surface area contributed by atoms with Crippen molar-refractivity contribution in [2.45, 2.75) is 44.5 Å². The Morgan fingerprint density at radius 1 is 0.870 bits per heavy atom. The molecule has 2 saturated heterocycles. The molecule has 2 aliphatic rings. The number of carbonyl (C=O) groups is 1. The lowest BCUT2D eigenvalue weighted by Gasteiger charge is -2.53. The number of aryl methyl sites for hydroxylation is 2. The van der Waals surface area contributed by atoms with Gasteiger partial charge in [0.05, 0.1) is 12.8 Å². The van der Waals surface area contributed by atoms with E-state index in [1.807, 2.05) is 0 Å². The van der Waals surface area contributed by atoms with Gasteiger partial charge in [-0.2, -0.15) is 0 Å². The molecular formula is C20H20O3. The molecule has 0 bridgehead atoms. The first-order valence-corrected chi connectivity index (χ1v) is 8.08. The zero-order chi connectivity index (χ0) is 16.1. The average Bonchev–Trinajstić information content (AvgIpc) is 2.89. The fraction of sp³-hybridized carbons (Fsp3) is 0.350. The SMILES string of the molecule is Cc1ccc(C2(c3ccc(C)cc3)CC3(CCC(=O)O3)O2)cc1. The van der Waals surface area contributed by atoms with Crippen LogP contribution in [-0.4, -0.2) is 11.8 Å². The summed E-state index contributed by atoms with van der Waals surface area (Å²) in [6.07, 6.45) is 1.76. The molecule has 0 radical (unpaired) electrons. The highest BCUT2D eigenvalue weighted by Gasteiger charge is 2.62. The first-order chi connectivity index (χ1) is 11.0. The number of esters is 1. The van der Waals surface area contributed by atoms with Crippen molar-refractivity contribution >= 4 is 5.97 Å². The van der Waals surface area contributed by atoms with Crippen LogP contribution in [0, 0.1) is 13.8 Å². The van der Waals surface area contributed by atoms with Crippen molar-refractivity contribution in [2.75, 3.05) is 0 Å². The van der Waals surface area contributed by atoms with Gasteiger partial charge in [0.2, 0.25) is 5.79 Å². The summed E-state index contributed by atoms with van der Waals surface area (Å²) in [5, 5.41) is 0. The fourth-order valence-corrected chi connectivity index (χ4v) is 3.62. The third-order valence-corrected chi connectivity index (χ3v) is 4.92. The van der Waals surface area contributed by atoms with Crippen LogP contribution in [0.1, 0.15) is 41.5 Å². The highest BCUT2D eigenvalue weighted by molar-refractivity contribution is 5.72. The van der Waals surface area contributed by atoms with Crippen molar-refractivity contribution < 1.29 is 14.3 Å². The van der Waals surface area contributed by atoms with Gasteiger partial charge in [-0.05, 0) is 25.0 Å². The molecule has 4 rings (SSSR count). The molecule has 3 nitrogen and oxygen atoms in total. The van der Waals surface area contributed by atoms with E-state index in [1.54, 1.807) is 0 Å². The Kier molecular flexibility index (Phi) is 3.10. The highest BCUT2D eigenvalue weighted by atomic mass is 16.8. The van der Waals surface area contributed by atoms with Crippen LogP contribution in [0.3, 0.4) is 0 Å². The van der Waals surface area contributed by atoms with Crippen LogP contribution in [0.4, 0.5) is 0 Å². The molecule has 0 N–H and O–H groups in total. The molecule has 0 aromatic heterocycles. The second-order valence-corrected chi connectivity index (χ2v) is 6.72. The van der Waals surface area contributed by atoms with Gasteiger partial charge in [0.15, 0.2) is 0 Å². The van der Waals surface area contributed by atoms with Gasteiger partial charge < -0.3 is 9.47 Å². The lowest BCUT2D eigenvalue weighted by atomic mass is 9.74. The summed E-state index contributed by atoms with van der Waals surface area (Å²) >= 11 is 0. The van der Waals surface area contributed by atoms with Crippen LogP contribution in [0.5, 0.6) is 0 Å². The van der Waals surface area contributed by atoms with E-state index in [1.165, 1.54) is 11.1 Å². The molecule has 1 spiro atoms. The predicted octanol–water partition coefficient (Wildman–Crippen LogP) is 4.00. The minimum Gasteiger partial charge on any atom is -0.433 e. The highest BCUT2D eigenvalue weighted by Crippen LogP contribution is 2.56. The van der Waals surface area contributed by atoms with Crippen molar-refractivity contribution in [3.8, 4) is 0 Å². The standard InChI is InChI=1S/C20H20O3/c1-14-3-7-16(8-4-14)20(17-9-5-15(2)6-10-17)13-19(23-20)12-11-18(21)22-19/h3-10H,11-13H2,1-2H3. The Morgan fingerprint density at radius 2 is 1.35 bits per heavy atom. The molecule has 3 heteroatoms. The smallest absolute Gasteiger partial charge is 0.308 e. The first kappa shape index (κ1) is 14.5. The maximum atomic E-state index is 11.5. The Balaban J connectivity index is 1.75. The van der Waals surface area contributed by atoms with E-state index in [0.717, 1.165) is 11.1 Å². The van der Waals surface area contributed by atoms with E-state index in [2.05, 4.69) is 62.4 Å². The van der Waals surface area contributed by atoms with E-state index in [9.17, 15) is 4.79 Å². The van der Waals surface area contributed by atoms with Crippen LogP contribution in [0.25, 0.3) is 0 Å². The van der Waals surface area contributed by atoms with Crippen molar-refractivity contribution in [1.29, 1.82) is 0 Å². The lowest BCUT2D eigenvalue weighted by molar-refractivity contribution is -0.351. The number of carbonyl (C=O) groups excluding carboxylic acids is 1. The maximum absolute atomic E-state index is 11.5. The van der Waals surface area contributed by atoms with Gasteiger partial charge in [-0.1, -0.05) is 59.7 Å². The molecule has 0 amide bonds. The summed E-state index contributed by atoms with van der Waals surface area (Å²) in [6, 6.07) is 16.8. The topological polar surface area (TPSA) is 35.5 Å². The van der Waals surface area contributed by atoms with E-state index in [4.69, 9.17) is 9.47 Å². The van der Waals surface area contributed by atoms with Crippen molar-refractivity contribution in [3.63, 3.8) is 0 Å². The number of rotatable bonds is 2. The third kappa shape index (κ3) is 2.27. The Bertz CT molecular complexity index is 690. The molecule has 2 aromatic carbocycles. The van der Waals surface area contributed by atoms with Crippen LogP contribution in [0.2, 0.25) is 0 Å². The van der Waals surface area contributed by atoms with E-state index < -0.39 is 11.4 Å². The molecule has 0 aliphatic carbocycles. The summed E-state index contributed by atoms with van der Waals surface area (Å²) in [5.74, 6) is -0.890. The average molecular weight is 308 g/mol. The summed E-state index contributed by atoms with van der Waals surface area (Å²) < 4.78 is 11.8. The molecule has 118 valence electrons. The van der Waals surface area contributed by atoms with Gasteiger partial charge in [0.1, 0.15) is 5.60 Å². The number of hydrogen-bond acceptors (Lipinski definition) is 3. The van der Waals surface area contributed by atoms with Crippen molar-refractivity contribution in [1.82, 2.24) is 0 Å². The first-order valence-electron chi connectivity index (χ1n) is 8.08. The molecule has 23 heavy (non-hydrogen) atoms. The molecule has 2 fully saturated rings. The maximum Gasteiger partial charge on any atom is 0.308 e. The van der Waals surface area contributed by atoms with Crippen LogP contribution >= 0.6 is 0 Å². The summed E-state index contributed by atoms with van der Waals surface area (Å²) in [6.45, 7) is 4.15. The summed E-state index contributed by atoms with van der Waals surface area (Å²) in [7, 11) is 0. The number of ether oxygens (including phenoxy) is 2. The van der Waals surface area contributed by atoms with Gasteiger partial charge in [-0.15, -0.1) is 0 Å². The summed E-state index contributed by atoms with van der Waals surface area (Å²) in [5.41, 5.74) is 4.13. The van der Waals surface area contributed by atoms with E-state index >= 15 is 0 Å². The molecule has 1 unspecified atom stereocenters. The fourth-order valence-electron chi connectivity index (χ4n) is 3.62. The van der Waals surface area contributed by atoms with Crippen LogP contribution < -0.4 is 0 Å². The Labute approximate surface area is 136 Å². The zero-order valence-corrected chi connectivity index (χ0v) is 13.5. The molecule has 2 aliphatic heterocycles. The van der Waals surface area contributed by atoms with Gasteiger partial charge >= 0.3 is 5.97 Å². The molecule has 1 atom stereocenters. The van der Waals surface area contributed by atoms with Crippen molar-refractivity contribution in [2.24, 2.45) is 0 Å². The third-order valence-electron chi connectivity index (χ3n) is 4.92. The minimum absolute atomic E-state index is 0.161. The van der Waals surface area contributed by atoms with Crippen LogP contribution in [-0.2, 0) is 19.9 Å². The normalized spacial score (nSPS) is 25.2. The second kappa shape index (κ2) is 4.93. The lowest BCUT2D eigenvalue weighted by Crippen LogP contribution is -2.58. The van der Waals surface area contributed by atoms with Gasteiger partial charge in [0, 0.05) is 6.42 Å². The zero-order valence-electron chi connectivity index (χ0n) is 13.5. The minimum atomic E-state index is -0.729. The van der Waals surface area contributed by atoms with Crippen LogP contribution in [0.15, 0.2) is 48.5 Å². The van der Waals surface area contributed by atoms with Gasteiger partial charge in [-0.3, -0.25) is 4.79 Å². The molecular weight excluding hydrogens is 288 g/mol. The molecule has 0 saturated carbocycles. The largest absolute Gasteiger partial charge is 0.433 e. The molecule has 2 aromatic rings. The van der Waals surface area contributed by atoms with Gasteiger partial charge in [0.25, 0.3) is 0 Å². The Morgan fingerprint density at radius 3 is 1.74 bits per heavy atom. The summed E-state index contributed by atoms with van der Waals surface area (Å²) in [4.78, 5) is 11.5. The van der Waals surface area contributed by atoms with Crippen molar-refractivity contribution in [3.05, 3.63) is 70.8 Å². The van der Waals surface area contributed by atoms with E-state index in [-0.39, 0.29) is 5.97 Å². The monoisotopic (exact) mass is 308 g/mol. The number of benzene rings is 2. The van der Waals surface area contributed by atoms with E-state index in [0.29, 0.717) is 19.3 Å². The predicted molar refractivity (Wildman–Crippen MR) is 86.9 cm³/mol. The quantitative estimate of drug-likeness (QED) is 0.787. The Hall–Kier alpha value is -2.13.